The van der Waals surface area contributed by atoms with E-state index in [9.17, 15) is 14.4 Å². The maximum atomic E-state index is 13.4. The summed E-state index contributed by atoms with van der Waals surface area (Å²) in [4.78, 5) is 43.3. The molecule has 1 aliphatic rings. The van der Waals surface area contributed by atoms with Crippen molar-refractivity contribution < 1.29 is 14.4 Å². The Hall–Kier alpha value is -4.26. The molecule has 0 fully saturated rings. The average Bonchev–Trinajstić information content (AvgIpc) is 3.01. The van der Waals surface area contributed by atoms with Gasteiger partial charge in [0.15, 0.2) is 0 Å². The number of rotatable bonds is 6. The fraction of sp³-hybridized carbons (Fsp3) is 0.154. The van der Waals surface area contributed by atoms with Gasteiger partial charge in [-0.2, -0.15) is 0 Å². The number of pyridine rings is 1. The number of aryl methyl sites for hydroxylation is 2. The number of benzene rings is 2. The van der Waals surface area contributed by atoms with Crippen molar-refractivity contribution in [2.75, 3.05) is 10.6 Å². The van der Waals surface area contributed by atoms with E-state index in [2.05, 4.69) is 15.6 Å². The zero-order valence-electron chi connectivity index (χ0n) is 18.7. The Morgan fingerprint density at radius 2 is 1.55 bits per heavy atom. The van der Waals surface area contributed by atoms with Crippen molar-refractivity contribution in [2.45, 2.75) is 27.3 Å². The van der Waals surface area contributed by atoms with Crippen molar-refractivity contribution >= 4 is 34.7 Å². The summed E-state index contributed by atoms with van der Waals surface area (Å²) in [6.45, 7) is 5.57. The molecule has 1 aliphatic heterocycles. The van der Waals surface area contributed by atoms with Crippen molar-refractivity contribution in [1.29, 1.82) is 0 Å². The third kappa shape index (κ3) is 4.67. The summed E-state index contributed by atoms with van der Waals surface area (Å²) in [6.07, 6.45) is 3.27. The van der Waals surface area contributed by atoms with E-state index in [1.54, 1.807) is 48.8 Å². The monoisotopic (exact) mass is 440 g/mol. The third-order valence-corrected chi connectivity index (χ3v) is 5.53. The summed E-state index contributed by atoms with van der Waals surface area (Å²) < 4.78 is 0. The lowest BCUT2D eigenvalue weighted by molar-refractivity contribution is -0.137. The zero-order valence-corrected chi connectivity index (χ0v) is 18.7. The molecule has 0 spiro atoms. The third-order valence-electron chi connectivity index (χ3n) is 5.53. The molecule has 1 aromatic heterocycles. The topological polar surface area (TPSA) is 91.4 Å². The van der Waals surface area contributed by atoms with Crippen LogP contribution in [0.4, 0.5) is 11.4 Å². The molecule has 3 amide bonds. The van der Waals surface area contributed by atoms with E-state index >= 15 is 0 Å². The second-order valence-electron chi connectivity index (χ2n) is 7.98. The first kappa shape index (κ1) is 22.0. The average molecular weight is 441 g/mol. The van der Waals surface area contributed by atoms with Crippen LogP contribution in [-0.2, 0) is 20.9 Å². The Labute approximate surface area is 192 Å². The second-order valence-corrected chi connectivity index (χ2v) is 7.98. The van der Waals surface area contributed by atoms with E-state index in [0.29, 0.717) is 22.5 Å². The summed E-state index contributed by atoms with van der Waals surface area (Å²) in [5, 5.41) is 5.85. The SMILES string of the molecule is CC(=O)Nc1ccc(NC2=C(c3ccc(C)c(C)c3)C(=O)N(Cc3ccncc3)C2=O)cc1. The van der Waals surface area contributed by atoms with Gasteiger partial charge in [-0.15, -0.1) is 0 Å². The number of carbonyl (C=O) groups excluding carboxylic acids is 3. The molecule has 0 saturated heterocycles. The van der Waals surface area contributed by atoms with E-state index in [-0.39, 0.29) is 24.1 Å². The second kappa shape index (κ2) is 9.08. The molecular formula is C26H24N4O3. The van der Waals surface area contributed by atoms with Gasteiger partial charge in [0.25, 0.3) is 11.8 Å². The lowest BCUT2D eigenvalue weighted by atomic mass is 9.99. The molecule has 0 radical (unpaired) electrons. The first-order chi connectivity index (χ1) is 15.8. The van der Waals surface area contributed by atoms with Crippen LogP contribution in [0.15, 0.2) is 72.7 Å². The first-order valence-electron chi connectivity index (χ1n) is 10.5. The van der Waals surface area contributed by atoms with Crippen LogP contribution in [0, 0.1) is 13.8 Å². The van der Waals surface area contributed by atoms with Gasteiger partial charge in [-0.3, -0.25) is 24.3 Å². The maximum absolute atomic E-state index is 13.4. The summed E-state index contributed by atoms with van der Waals surface area (Å²) in [5.74, 6) is -0.910. The number of carbonyl (C=O) groups is 3. The Kier molecular flexibility index (Phi) is 6.04. The molecule has 0 atom stereocenters. The van der Waals surface area contributed by atoms with E-state index < -0.39 is 5.91 Å². The predicted molar refractivity (Wildman–Crippen MR) is 127 cm³/mol. The van der Waals surface area contributed by atoms with Crippen LogP contribution in [0.2, 0.25) is 0 Å². The van der Waals surface area contributed by atoms with E-state index in [0.717, 1.165) is 16.7 Å². The summed E-state index contributed by atoms with van der Waals surface area (Å²) in [7, 11) is 0. The minimum Gasteiger partial charge on any atom is -0.350 e. The Bertz CT molecular complexity index is 1260. The van der Waals surface area contributed by atoms with Gasteiger partial charge < -0.3 is 10.6 Å². The number of nitrogens with one attached hydrogen (secondary N) is 2. The normalized spacial score (nSPS) is 13.5. The summed E-state index contributed by atoms with van der Waals surface area (Å²) >= 11 is 0. The van der Waals surface area contributed by atoms with Gasteiger partial charge in [-0.25, -0.2) is 0 Å². The van der Waals surface area contributed by atoms with Gasteiger partial charge >= 0.3 is 0 Å². The molecule has 2 N–H and O–H groups in total. The van der Waals surface area contributed by atoms with Crippen LogP contribution in [-0.4, -0.2) is 27.6 Å². The van der Waals surface area contributed by atoms with Gasteiger partial charge in [-0.05, 0) is 72.5 Å². The minimum absolute atomic E-state index is 0.154. The molecule has 7 nitrogen and oxygen atoms in total. The molecule has 2 heterocycles. The quantitative estimate of drug-likeness (QED) is 0.565. The number of nitrogens with zero attached hydrogens (tertiary/aromatic N) is 2. The van der Waals surface area contributed by atoms with Crippen LogP contribution >= 0.6 is 0 Å². The smallest absolute Gasteiger partial charge is 0.278 e. The molecular weight excluding hydrogens is 416 g/mol. The number of aromatic nitrogens is 1. The molecule has 4 rings (SSSR count). The molecule has 3 aromatic rings. The molecule has 166 valence electrons. The highest BCUT2D eigenvalue weighted by atomic mass is 16.2. The van der Waals surface area contributed by atoms with Gasteiger partial charge in [0.1, 0.15) is 5.70 Å². The standard InChI is InChI=1S/C26H24N4O3/c1-16-4-5-20(14-17(16)2)23-24(29-22-8-6-21(7-9-22)28-18(3)31)26(33)30(25(23)32)15-19-10-12-27-13-11-19/h4-14,29H,15H2,1-3H3,(H,28,31). The number of hydrogen-bond donors (Lipinski definition) is 2. The highest BCUT2D eigenvalue weighted by molar-refractivity contribution is 6.36. The zero-order chi connectivity index (χ0) is 23.5. The van der Waals surface area contributed by atoms with Crippen molar-refractivity contribution in [2.24, 2.45) is 0 Å². The van der Waals surface area contributed by atoms with E-state index in [1.807, 2.05) is 32.0 Å². The molecule has 2 aromatic carbocycles. The molecule has 33 heavy (non-hydrogen) atoms. The molecule has 0 unspecified atom stereocenters. The fourth-order valence-electron chi connectivity index (χ4n) is 3.66. The first-order valence-corrected chi connectivity index (χ1v) is 10.5. The minimum atomic E-state index is -0.393. The molecule has 0 saturated carbocycles. The van der Waals surface area contributed by atoms with E-state index in [4.69, 9.17) is 0 Å². The van der Waals surface area contributed by atoms with Crippen LogP contribution in [0.3, 0.4) is 0 Å². The highest BCUT2D eigenvalue weighted by Crippen LogP contribution is 2.32. The lowest BCUT2D eigenvalue weighted by Crippen LogP contribution is -2.32. The number of amides is 3. The van der Waals surface area contributed by atoms with Gasteiger partial charge in [0.2, 0.25) is 5.91 Å². The van der Waals surface area contributed by atoms with Crippen molar-refractivity contribution in [1.82, 2.24) is 9.88 Å². The van der Waals surface area contributed by atoms with Crippen LogP contribution in [0.1, 0.15) is 29.2 Å². The van der Waals surface area contributed by atoms with Gasteiger partial charge in [0.05, 0.1) is 12.1 Å². The summed E-state index contributed by atoms with van der Waals surface area (Å²) in [6, 6.07) is 16.3. The molecule has 7 heteroatoms. The number of anilines is 2. The van der Waals surface area contributed by atoms with Crippen LogP contribution in [0.25, 0.3) is 5.57 Å². The highest BCUT2D eigenvalue weighted by Gasteiger charge is 2.39. The Balaban J connectivity index is 1.71. The predicted octanol–water partition coefficient (Wildman–Crippen LogP) is 4.05. The number of imide groups is 1. The number of hydrogen-bond acceptors (Lipinski definition) is 5. The van der Waals surface area contributed by atoms with E-state index in [1.165, 1.54) is 11.8 Å². The maximum Gasteiger partial charge on any atom is 0.278 e. The Morgan fingerprint density at radius 3 is 2.18 bits per heavy atom. The van der Waals surface area contributed by atoms with Crippen LogP contribution in [0.5, 0.6) is 0 Å². The molecule has 0 aliphatic carbocycles. The van der Waals surface area contributed by atoms with Crippen molar-refractivity contribution in [3.63, 3.8) is 0 Å². The lowest BCUT2D eigenvalue weighted by Gasteiger charge is -2.15. The largest absolute Gasteiger partial charge is 0.350 e. The van der Waals surface area contributed by atoms with Crippen molar-refractivity contribution in [3.05, 3.63) is 94.9 Å². The van der Waals surface area contributed by atoms with Gasteiger partial charge in [-0.1, -0.05) is 18.2 Å². The molecule has 0 bridgehead atoms. The Morgan fingerprint density at radius 1 is 0.879 bits per heavy atom. The summed E-state index contributed by atoms with van der Waals surface area (Å²) in [5.41, 5.74) is 5.47. The van der Waals surface area contributed by atoms with Crippen molar-refractivity contribution in [3.8, 4) is 0 Å². The van der Waals surface area contributed by atoms with Crippen LogP contribution < -0.4 is 10.6 Å². The fourth-order valence-corrected chi connectivity index (χ4v) is 3.66. The van der Waals surface area contributed by atoms with Gasteiger partial charge in [0, 0.05) is 30.7 Å².